The van der Waals surface area contributed by atoms with Crippen LogP contribution in [0.4, 0.5) is 0 Å². The monoisotopic (exact) mass is 329 g/mol. The number of aromatic nitrogens is 2. The molecule has 4 rings (SSSR count). The lowest BCUT2D eigenvalue weighted by atomic mass is 9.84. The maximum Gasteiger partial charge on any atom is 0.241 e. The first-order valence-electron chi connectivity index (χ1n) is 8.54. The number of amides is 1. The maximum atomic E-state index is 12.3. The molecule has 4 unspecified atom stereocenters. The molecule has 2 heterocycles. The van der Waals surface area contributed by atoms with Gasteiger partial charge in [0.15, 0.2) is 0 Å². The number of nitrogens with one attached hydrogen (secondary N) is 1. The van der Waals surface area contributed by atoms with Crippen molar-refractivity contribution in [2.75, 3.05) is 0 Å². The van der Waals surface area contributed by atoms with E-state index in [1.54, 1.807) is 16.0 Å². The molecule has 5 heteroatoms. The van der Waals surface area contributed by atoms with Gasteiger partial charge in [-0.05, 0) is 61.5 Å². The summed E-state index contributed by atoms with van der Waals surface area (Å²) < 4.78 is 1.73. The first kappa shape index (κ1) is 14.9. The summed E-state index contributed by atoms with van der Waals surface area (Å²) in [6.07, 6.45) is 7.33. The summed E-state index contributed by atoms with van der Waals surface area (Å²) in [5, 5.41) is 11.8. The Balaban J connectivity index is 1.33. The minimum atomic E-state index is 0.0697. The standard InChI is InChI=1S/C18H23N3OS/c1-12(16-9-13-2-3-14(16)8-13)19-18(22)10-21-6-4-17(20-21)15-5-7-23-11-15/h4-7,11-14,16H,2-3,8-10H2,1H3,(H,19,22). The van der Waals surface area contributed by atoms with Crippen LogP contribution < -0.4 is 5.32 Å². The third-order valence-corrected chi connectivity index (χ3v) is 6.27. The molecule has 4 atom stereocenters. The van der Waals surface area contributed by atoms with E-state index >= 15 is 0 Å². The second kappa shape index (κ2) is 6.11. The molecule has 2 aliphatic carbocycles. The van der Waals surface area contributed by atoms with Crippen LogP contribution >= 0.6 is 11.3 Å². The molecule has 0 saturated heterocycles. The summed E-state index contributed by atoms with van der Waals surface area (Å²) in [5.41, 5.74) is 2.05. The van der Waals surface area contributed by atoms with Crippen LogP contribution in [0.1, 0.15) is 32.6 Å². The fourth-order valence-electron chi connectivity index (χ4n) is 4.47. The van der Waals surface area contributed by atoms with Crippen LogP contribution in [0.2, 0.25) is 0 Å². The fraction of sp³-hybridized carbons (Fsp3) is 0.556. The molecule has 23 heavy (non-hydrogen) atoms. The van der Waals surface area contributed by atoms with E-state index in [9.17, 15) is 4.79 Å². The van der Waals surface area contributed by atoms with Crippen molar-refractivity contribution in [1.29, 1.82) is 0 Å². The van der Waals surface area contributed by atoms with Gasteiger partial charge in [-0.25, -0.2) is 0 Å². The topological polar surface area (TPSA) is 46.9 Å². The Morgan fingerprint density at radius 1 is 1.43 bits per heavy atom. The molecule has 0 radical (unpaired) electrons. The number of carbonyl (C=O) groups excluding carboxylic acids is 1. The van der Waals surface area contributed by atoms with Crippen LogP contribution in [0.25, 0.3) is 11.3 Å². The van der Waals surface area contributed by atoms with Crippen molar-refractivity contribution >= 4 is 17.2 Å². The Labute approximate surface area is 140 Å². The smallest absolute Gasteiger partial charge is 0.241 e. The highest BCUT2D eigenvalue weighted by atomic mass is 32.1. The lowest BCUT2D eigenvalue weighted by Gasteiger charge is -2.28. The van der Waals surface area contributed by atoms with E-state index in [1.807, 2.05) is 17.6 Å². The molecular formula is C18H23N3OS. The van der Waals surface area contributed by atoms with Gasteiger partial charge in [-0.3, -0.25) is 9.48 Å². The summed E-state index contributed by atoms with van der Waals surface area (Å²) in [6, 6.07) is 4.30. The molecule has 0 aliphatic heterocycles. The molecule has 1 amide bonds. The van der Waals surface area contributed by atoms with Gasteiger partial charge >= 0.3 is 0 Å². The van der Waals surface area contributed by atoms with Crippen LogP contribution in [0.5, 0.6) is 0 Å². The highest BCUT2D eigenvalue weighted by Crippen LogP contribution is 2.49. The molecule has 2 aromatic heterocycles. The number of thiophene rings is 1. The Kier molecular flexibility index (Phi) is 3.97. The number of carbonyl (C=O) groups is 1. The molecule has 0 aromatic carbocycles. The molecule has 2 saturated carbocycles. The van der Waals surface area contributed by atoms with Crippen LogP contribution in [0.3, 0.4) is 0 Å². The first-order valence-corrected chi connectivity index (χ1v) is 9.48. The van der Waals surface area contributed by atoms with Crippen LogP contribution in [-0.2, 0) is 11.3 Å². The van der Waals surface area contributed by atoms with E-state index in [-0.39, 0.29) is 11.9 Å². The van der Waals surface area contributed by atoms with Crippen molar-refractivity contribution in [3.63, 3.8) is 0 Å². The van der Waals surface area contributed by atoms with Gasteiger partial charge in [-0.2, -0.15) is 16.4 Å². The van der Waals surface area contributed by atoms with Gasteiger partial charge in [-0.15, -0.1) is 0 Å². The normalized spacial score (nSPS) is 27.3. The van der Waals surface area contributed by atoms with E-state index in [2.05, 4.69) is 28.8 Å². The predicted octanol–water partition coefficient (Wildman–Crippen LogP) is 3.55. The first-order chi connectivity index (χ1) is 11.2. The molecule has 2 bridgehead atoms. The highest BCUT2D eigenvalue weighted by Gasteiger charge is 2.42. The average Bonchev–Trinajstić information content (AvgIpc) is 3.30. The molecule has 122 valence electrons. The van der Waals surface area contributed by atoms with E-state index in [0.29, 0.717) is 12.5 Å². The largest absolute Gasteiger partial charge is 0.352 e. The highest BCUT2D eigenvalue weighted by molar-refractivity contribution is 7.08. The van der Waals surface area contributed by atoms with Crippen molar-refractivity contribution in [3.8, 4) is 11.3 Å². The summed E-state index contributed by atoms with van der Waals surface area (Å²) in [5.74, 6) is 2.51. The van der Waals surface area contributed by atoms with Crippen molar-refractivity contribution in [2.24, 2.45) is 17.8 Å². The van der Waals surface area contributed by atoms with E-state index in [1.165, 1.54) is 25.7 Å². The quantitative estimate of drug-likeness (QED) is 0.912. The van der Waals surface area contributed by atoms with Crippen LogP contribution in [-0.4, -0.2) is 21.7 Å². The maximum absolute atomic E-state index is 12.3. The zero-order valence-electron chi connectivity index (χ0n) is 13.4. The van der Waals surface area contributed by atoms with Crippen molar-refractivity contribution in [2.45, 2.75) is 45.2 Å². The minimum absolute atomic E-state index is 0.0697. The van der Waals surface area contributed by atoms with Crippen molar-refractivity contribution in [3.05, 3.63) is 29.1 Å². The lowest BCUT2D eigenvalue weighted by molar-refractivity contribution is -0.122. The summed E-state index contributed by atoms with van der Waals surface area (Å²) in [4.78, 5) is 12.3. The zero-order chi connectivity index (χ0) is 15.8. The van der Waals surface area contributed by atoms with Gasteiger partial charge in [0, 0.05) is 23.2 Å². The average molecular weight is 329 g/mol. The Morgan fingerprint density at radius 2 is 2.35 bits per heavy atom. The second-order valence-electron chi connectivity index (χ2n) is 7.11. The third kappa shape index (κ3) is 3.07. The molecule has 1 N–H and O–H groups in total. The van der Waals surface area contributed by atoms with Gasteiger partial charge in [0.2, 0.25) is 5.91 Å². The summed E-state index contributed by atoms with van der Waals surface area (Å²) in [6.45, 7) is 2.47. The predicted molar refractivity (Wildman–Crippen MR) is 92.1 cm³/mol. The molecule has 2 aliphatic rings. The number of nitrogens with zero attached hydrogens (tertiary/aromatic N) is 2. The third-order valence-electron chi connectivity index (χ3n) is 5.59. The van der Waals surface area contributed by atoms with Gasteiger partial charge in [0.05, 0.1) is 5.69 Å². The van der Waals surface area contributed by atoms with Crippen molar-refractivity contribution in [1.82, 2.24) is 15.1 Å². The summed E-state index contributed by atoms with van der Waals surface area (Å²) >= 11 is 1.66. The Morgan fingerprint density at radius 3 is 3.04 bits per heavy atom. The Bertz CT molecular complexity index is 678. The number of rotatable bonds is 5. The number of fused-ring (bicyclic) bond motifs is 2. The van der Waals surface area contributed by atoms with Crippen LogP contribution in [0, 0.1) is 17.8 Å². The molecule has 4 nitrogen and oxygen atoms in total. The van der Waals surface area contributed by atoms with E-state index in [0.717, 1.165) is 23.1 Å². The number of hydrogen-bond acceptors (Lipinski definition) is 3. The van der Waals surface area contributed by atoms with Crippen LogP contribution in [0.15, 0.2) is 29.1 Å². The lowest BCUT2D eigenvalue weighted by Crippen LogP contribution is -2.41. The van der Waals surface area contributed by atoms with E-state index < -0.39 is 0 Å². The minimum Gasteiger partial charge on any atom is -0.352 e. The summed E-state index contributed by atoms with van der Waals surface area (Å²) in [7, 11) is 0. The Hall–Kier alpha value is -1.62. The van der Waals surface area contributed by atoms with Crippen molar-refractivity contribution < 1.29 is 4.79 Å². The van der Waals surface area contributed by atoms with E-state index in [4.69, 9.17) is 0 Å². The fourth-order valence-corrected chi connectivity index (χ4v) is 5.12. The molecule has 2 aromatic rings. The second-order valence-corrected chi connectivity index (χ2v) is 7.89. The number of hydrogen-bond donors (Lipinski definition) is 1. The SMILES string of the molecule is CC(NC(=O)Cn1ccc(-c2ccsc2)n1)C1CC2CCC1C2. The molecular weight excluding hydrogens is 306 g/mol. The van der Waals surface area contributed by atoms with Gasteiger partial charge in [-0.1, -0.05) is 6.42 Å². The van der Waals surface area contributed by atoms with Gasteiger partial charge in [0.1, 0.15) is 6.54 Å². The zero-order valence-corrected chi connectivity index (χ0v) is 14.3. The van der Waals surface area contributed by atoms with Gasteiger partial charge in [0.25, 0.3) is 0 Å². The van der Waals surface area contributed by atoms with Gasteiger partial charge < -0.3 is 5.32 Å². The molecule has 0 spiro atoms. The molecule has 2 fully saturated rings.